The Morgan fingerprint density at radius 3 is 2.30 bits per heavy atom. The zero-order chi connectivity index (χ0) is 15.1. The summed E-state index contributed by atoms with van der Waals surface area (Å²) >= 11 is 3.44. The van der Waals surface area contributed by atoms with Gasteiger partial charge in [0.1, 0.15) is 0 Å². The van der Waals surface area contributed by atoms with Gasteiger partial charge in [-0.05, 0) is 43.4 Å². The standard InChI is InChI=1S/C16H25BrN2O/c1-11(2)9-15(16(20)18-4)19-12(3)10-13-5-7-14(17)8-6-13/h5-8,11-12,15,19H,9-10H2,1-4H3,(H,18,20). The van der Waals surface area contributed by atoms with Crippen LogP contribution in [0.2, 0.25) is 0 Å². The first-order valence-electron chi connectivity index (χ1n) is 7.14. The van der Waals surface area contributed by atoms with Crippen molar-refractivity contribution in [1.29, 1.82) is 0 Å². The average Bonchev–Trinajstić information content (AvgIpc) is 2.39. The van der Waals surface area contributed by atoms with Crippen molar-refractivity contribution in [2.45, 2.75) is 45.7 Å². The van der Waals surface area contributed by atoms with Crippen molar-refractivity contribution in [3.8, 4) is 0 Å². The van der Waals surface area contributed by atoms with Crippen molar-refractivity contribution in [3.05, 3.63) is 34.3 Å². The zero-order valence-electron chi connectivity index (χ0n) is 12.7. The fourth-order valence-electron chi connectivity index (χ4n) is 2.27. The highest BCUT2D eigenvalue weighted by Crippen LogP contribution is 2.13. The number of halogens is 1. The molecule has 0 aliphatic heterocycles. The monoisotopic (exact) mass is 340 g/mol. The number of benzene rings is 1. The highest BCUT2D eigenvalue weighted by atomic mass is 79.9. The number of amides is 1. The summed E-state index contributed by atoms with van der Waals surface area (Å²) < 4.78 is 1.09. The third-order valence-corrected chi connectivity index (χ3v) is 3.74. The Balaban J connectivity index is 2.58. The maximum atomic E-state index is 11.9. The smallest absolute Gasteiger partial charge is 0.236 e. The van der Waals surface area contributed by atoms with E-state index < -0.39 is 0 Å². The molecule has 0 heterocycles. The normalized spacial score (nSPS) is 14.1. The lowest BCUT2D eigenvalue weighted by Gasteiger charge is -2.23. The van der Waals surface area contributed by atoms with E-state index in [1.807, 2.05) is 12.1 Å². The summed E-state index contributed by atoms with van der Waals surface area (Å²) in [6, 6.07) is 8.46. The Morgan fingerprint density at radius 1 is 1.20 bits per heavy atom. The van der Waals surface area contributed by atoms with Crippen LogP contribution >= 0.6 is 15.9 Å². The third-order valence-electron chi connectivity index (χ3n) is 3.21. The quantitative estimate of drug-likeness (QED) is 0.800. The van der Waals surface area contributed by atoms with Crippen molar-refractivity contribution in [1.82, 2.24) is 10.6 Å². The predicted molar refractivity (Wildman–Crippen MR) is 87.8 cm³/mol. The van der Waals surface area contributed by atoms with Crippen LogP contribution in [-0.4, -0.2) is 25.0 Å². The van der Waals surface area contributed by atoms with Gasteiger partial charge < -0.3 is 10.6 Å². The van der Waals surface area contributed by atoms with E-state index in [1.165, 1.54) is 5.56 Å². The molecule has 1 amide bonds. The molecule has 0 fully saturated rings. The van der Waals surface area contributed by atoms with Crippen LogP contribution in [0.5, 0.6) is 0 Å². The van der Waals surface area contributed by atoms with E-state index in [1.54, 1.807) is 7.05 Å². The van der Waals surface area contributed by atoms with Gasteiger partial charge in [0.2, 0.25) is 5.91 Å². The van der Waals surface area contributed by atoms with Crippen LogP contribution in [-0.2, 0) is 11.2 Å². The van der Waals surface area contributed by atoms with Gasteiger partial charge >= 0.3 is 0 Å². The Bertz CT molecular complexity index is 417. The Hall–Kier alpha value is -0.870. The maximum Gasteiger partial charge on any atom is 0.236 e. The molecule has 2 N–H and O–H groups in total. The summed E-state index contributed by atoms with van der Waals surface area (Å²) in [5.74, 6) is 0.561. The fourth-order valence-corrected chi connectivity index (χ4v) is 2.54. The summed E-state index contributed by atoms with van der Waals surface area (Å²) in [6.45, 7) is 6.40. The van der Waals surface area contributed by atoms with E-state index in [0.717, 1.165) is 17.3 Å². The Kier molecular flexibility index (Phi) is 7.24. The van der Waals surface area contributed by atoms with Crippen LogP contribution in [0, 0.1) is 5.92 Å². The maximum absolute atomic E-state index is 11.9. The van der Waals surface area contributed by atoms with Gasteiger partial charge in [0, 0.05) is 17.6 Å². The van der Waals surface area contributed by atoms with E-state index in [9.17, 15) is 4.79 Å². The molecule has 0 aliphatic carbocycles. The molecule has 0 spiro atoms. The summed E-state index contributed by atoms with van der Waals surface area (Å²) in [6.07, 6.45) is 1.77. The van der Waals surface area contributed by atoms with E-state index >= 15 is 0 Å². The van der Waals surface area contributed by atoms with Crippen LogP contribution < -0.4 is 10.6 Å². The summed E-state index contributed by atoms with van der Waals surface area (Å²) in [4.78, 5) is 11.9. The van der Waals surface area contributed by atoms with Crippen LogP contribution in [0.1, 0.15) is 32.8 Å². The molecule has 0 bridgehead atoms. The lowest BCUT2D eigenvalue weighted by molar-refractivity contribution is -0.123. The van der Waals surface area contributed by atoms with Crippen LogP contribution in [0.3, 0.4) is 0 Å². The molecule has 112 valence electrons. The molecule has 4 heteroatoms. The van der Waals surface area contributed by atoms with E-state index in [0.29, 0.717) is 5.92 Å². The largest absolute Gasteiger partial charge is 0.358 e. The Morgan fingerprint density at radius 2 is 1.80 bits per heavy atom. The lowest BCUT2D eigenvalue weighted by Crippen LogP contribution is -2.47. The third kappa shape index (κ3) is 6.06. The first-order chi connectivity index (χ1) is 9.42. The second-order valence-corrected chi connectivity index (χ2v) is 6.61. The molecule has 2 atom stereocenters. The number of hydrogen-bond acceptors (Lipinski definition) is 2. The summed E-state index contributed by atoms with van der Waals surface area (Å²) in [7, 11) is 1.69. The molecule has 0 aliphatic rings. The number of nitrogens with one attached hydrogen (secondary N) is 2. The van der Waals surface area contributed by atoms with Crippen LogP contribution in [0.15, 0.2) is 28.7 Å². The van der Waals surface area contributed by atoms with Crippen molar-refractivity contribution < 1.29 is 4.79 Å². The first kappa shape index (κ1) is 17.2. The molecule has 1 aromatic carbocycles. The van der Waals surface area contributed by atoms with Crippen molar-refractivity contribution in [2.24, 2.45) is 5.92 Å². The lowest BCUT2D eigenvalue weighted by atomic mass is 10.0. The number of carbonyl (C=O) groups is 1. The SMILES string of the molecule is CNC(=O)C(CC(C)C)NC(C)Cc1ccc(Br)cc1. The molecule has 1 rings (SSSR count). The molecular weight excluding hydrogens is 316 g/mol. The van der Waals surface area contributed by atoms with Gasteiger partial charge in [-0.15, -0.1) is 0 Å². The van der Waals surface area contributed by atoms with Gasteiger partial charge in [-0.25, -0.2) is 0 Å². The molecule has 0 saturated carbocycles. The van der Waals surface area contributed by atoms with Crippen molar-refractivity contribution in [2.75, 3.05) is 7.05 Å². The highest BCUT2D eigenvalue weighted by Gasteiger charge is 2.20. The molecular formula is C16H25BrN2O. The van der Waals surface area contributed by atoms with E-state index in [4.69, 9.17) is 0 Å². The summed E-state index contributed by atoms with van der Waals surface area (Å²) in [5, 5.41) is 6.18. The summed E-state index contributed by atoms with van der Waals surface area (Å²) in [5.41, 5.74) is 1.27. The average molecular weight is 341 g/mol. The molecule has 0 saturated heterocycles. The zero-order valence-corrected chi connectivity index (χ0v) is 14.3. The Labute approximate surface area is 130 Å². The number of likely N-dealkylation sites (N-methyl/N-ethyl adjacent to an activating group) is 1. The van der Waals surface area contributed by atoms with Crippen LogP contribution in [0.4, 0.5) is 0 Å². The van der Waals surface area contributed by atoms with Crippen molar-refractivity contribution in [3.63, 3.8) is 0 Å². The van der Waals surface area contributed by atoms with Gasteiger partial charge in [0.15, 0.2) is 0 Å². The number of carbonyl (C=O) groups excluding carboxylic acids is 1. The van der Waals surface area contributed by atoms with Gasteiger partial charge in [-0.2, -0.15) is 0 Å². The minimum absolute atomic E-state index is 0.0707. The van der Waals surface area contributed by atoms with Gasteiger partial charge in [-0.1, -0.05) is 41.9 Å². The molecule has 1 aromatic rings. The van der Waals surface area contributed by atoms with Crippen LogP contribution in [0.25, 0.3) is 0 Å². The second kappa shape index (κ2) is 8.42. The topological polar surface area (TPSA) is 41.1 Å². The predicted octanol–water partition coefficient (Wildman–Crippen LogP) is 3.13. The van der Waals surface area contributed by atoms with E-state index in [2.05, 4.69) is 59.5 Å². The molecule has 2 unspecified atom stereocenters. The molecule has 20 heavy (non-hydrogen) atoms. The van der Waals surface area contributed by atoms with E-state index in [-0.39, 0.29) is 18.0 Å². The number of hydrogen-bond donors (Lipinski definition) is 2. The van der Waals surface area contributed by atoms with Gasteiger partial charge in [-0.3, -0.25) is 4.79 Å². The van der Waals surface area contributed by atoms with Gasteiger partial charge in [0.25, 0.3) is 0 Å². The minimum atomic E-state index is -0.120. The minimum Gasteiger partial charge on any atom is -0.358 e. The number of rotatable bonds is 7. The highest BCUT2D eigenvalue weighted by molar-refractivity contribution is 9.10. The van der Waals surface area contributed by atoms with Crippen molar-refractivity contribution >= 4 is 21.8 Å². The fraction of sp³-hybridized carbons (Fsp3) is 0.562. The first-order valence-corrected chi connectivity index (χ1v) is 7.93. The molecule has 0 aromatic heterocycles. The second-order valence-electron chi connectivity index (χ2n) is 5.69. The molecule has 0 radical (unpaired) electrons. The van der Waals surface area contributed by atoms with Gasteiger partial charge in [0.05, 0.1) is 6.04 Å². The molecule has 3 nitrogen and oxygen atoms in total.